The second-order valence-electron chi connectivity index (χ2n) is 9.23. The van der Waals surface area contributed by atoms with Gasteiger partial charge in [0.15, 0.2) is 0 Å². The van der Waals surface area contributed by atoms with Crippen LogP contribution in [-0.4, -0.2) is 52.9 Å². The SMILES string of the molecule is C[C@H](Nc1nccc(N(CCCN2CCCC2=O)C(=O)c2ccc3c(c2)CCO3)n1)c1ccccc1. The Morgan fingerprint density at radius 2 is 2.03 bits per heavy atom. The Kier molecular flexibility index (Phi) is 7.11. The Morgan fingerprint density at radius 1 is 1.17 bits per heavy atom. The van der Waals surface area contributed by atoms with Gasteiger partial charge in [-0.1, -0.05) is 30.3 Å². The van der Waals surface area contributed by atoms with Crippen molar-refractivity contribution in [1.29, 1.82) is 0 Å². The topological polar surface area (TPSA) is 87.7 Å². The van der Waals surface area contributed by atoms with Gasteiger partial charge in [-0.05, 0) is 55.2 Å². The number of ether oxygens (including phenoxy) is 1. The van der Waals surface area contributed by atoms with Gasteiger partial charge in [-0.3, -0.25) is 14.5 Å². The number of likely N-dealkylation sites (tertiary alicyclic amines) is 1. The molecule has 0 unspecified atom stereocenters. The van der Waals surface area contributed by atoms with Crippen LogP contribution >= 0.6 is 0 Å². The molecule has 1 atom stereocenters. The van der Waals surface area contributed by atoms with Crippen LogP contribution in [0.1, 0.15) is 53.7 Å². The molecule has 2 aromatic carbocycles. The lowest BCUT2D eigenvalue weighted by Crippen LogP contribution is -2.35. The van der Waals surface area contributed by atoms with Crippen LogP contribution in [0.5, 0.6) is 5.75 Å². The highest BCUT2D eigenvalue weighted by Crippen LogP contribution is 2.27. The zero-order valence-electron chi connectivity index (χ0n) is 20.5. The normalized spacial score (nSPS) is 15.4. The van der Waals surface area contributed by atoms with E-state index in [0.29, 0.717) is 49.9 Å². The fourth-order valence-corrected chi connectivity index (χ4v) is 4.74. The van der Waals surface area contributed by atoms with Crippen LogP contribution in [0.4, 0.5) is 11.8 Å². The van der Waals surface area contributed by atoms with Gasteiger partial charge < -0.3 is 15.0 Å². The molecular weight excluding hydrogens is 454 g/mol. The Bertz CT molecular complexity index is 1230. The molecule has 186 valence electrons. The van der Waals surface area contributed by atoms with E-state index in [1.165, 1.54) is 0 Å². The summed E-state index contributed by atoms with van der Waals surface area (Å²) in [5.74, 6) is 1.89. The number of carbonyl (C=O) groups is 2. The summed E-state index contributed by atoms with van der Waals surface area (Å²) in [6, 6.07) is 17.4. The Morgan fingerprint density at radius 3 is 2.83 bits per heavy atom. The third-order valence-corrected chi connectivity index (χ3v) is 6.73. The fourth-order valence-electron chi connectivity index (χ4n) is 4.74. The summed E-state index contributed by atoms with van der Waals surface area (Å²) < 4.78 is 5.61. The Labute approximate surface area is 211 Å². The van der Waals surface area contributed by atoms with E-state index in [0.717, 1.165) is 36.3 Å². The van der Waals surface area contributed by atoms with Crippen molar-refractivity contribution in [2.45, 2.75) is 38.6 Å². The number of carbonyl (C=O) groups excluding carboxylic acids is 2. The first-order chi connectivity index (χ1) is 17.6. The summed E-state index contributed by atoms with van der Waals surface area (Å²) >= 11 is 0. The average Bonchev–Trinajstić information content (AvgIpc) is 3.55. The van der Waals surface area contributed by atoms with Crippen molar-refractivity contribution in [2.24, 2.45) is 0 Å². The van der Waals surface area contributed by atoms with Crippen molar-refractivity contribution >= 4 is 23.6 Å². The molecule has 0 radical (unpaired) electrons. The summed E-state index contributed by atoms with van der Waals surface area (Å²) in [4.78, 5) is 38.4. The number of fused-ring (bicyclic) bond motifs is 1. The van der Waals surface area contributed by atoms with E-state index in [9.17, 15) is 9.59 Å². The molecule has 0 aliphatic carbocycles. The largest absolute Gasteiger partial charge is 0.493 e. The number of hydrogen-bond donors (Lipinski definition) is 1. The zero-order chi connectivity index (χ0) is 24.9. The van der Waals surface area contributed by atoms with Gasteiger partial charge >= 0.3 is 0 Å². The number of rotatable bonds is 9. The molecule has 2 amide bonds. The summed E-state index contributed by atoms with van der Waals surface area (Å²) in [5.41, 5.74) is 2.77. The third kappa shape index (κ3) is 5.32. The summed E-state index contributed by atoms with van der Waals surface area (Å²) in [5, 5.41) is 3.34. The van der Waals surface area contributed by atoms with Gasteiger partial charge in [-0.25, -0.2) is 4.98 Å². The van der Waals surface area contributed by atoms with Crippen molar-refractivity contribution in [1.82, 2.24) is 14.9 Å². The highest BCUT2D eigenvalue weighted by molar-refractivity contribution is 6.05. The molecule has 0 spiro atoms. The van der Waals surface area contributed by atoms with Crippen molar-refractivity contribution in [2.75, 3.05) is 36.5 Å². The predicted octanol–water partition coefficient (Wildman–Crippen LogP) is 4.24. The van der Waals surface area contributed by atoms with E-state index < -0.39 is 0 Å². The molecule has 8 heteroatoms. The lowest BCUT2D eigenvalue weighted by Gasteiger charge is -2.24. The van der Waals surface area contributed by atoms with Gasteiger partial charge in [0.05, 0.1) is 12.6 Å². The van der Waals surface area contributed by atoms with Gasteiger partial charge in [0.25, 0.3) is 5.91 Å². The molecule has 1 aromatic heterocycles. The number of nitrogens with one attached hydrogen (secondary N) is 1. The highest BCUT2D eigenvalue weighted by atomic mass is 16.5. The van der Waals surface area contributed by atoms with E-state index in [1.807, 2.05) is 42.2 Å². The average molecular weight is 486 g/mol. The minimum atomic E-state index is -0.127. The van der Waals surface area contributed by atoms with Gasteiger partial charge in [0.1, 0.15) is 11.6 Å². The fraction of sp³-hybridized carbons (Fsp3) is 0.357. The molecule has 1 fully saturated rings. The predicted molar refractivity (Wildman–Crippen MR) is 138 cm³/mol. The quantitative estimate of drug-likeness (QED) is 0.488. The van der Waals surface area contributed by atoms with Gasteiger partial charge in [0, 0.05) is 44.2 Å². The standard InChI is InChI=1S/C28H31N5O3/c1-20(21-7-3-2-4-8-21)30-28-29-14-12-25(31-28)33(17-6-16-32-15-5-9-26(32)34)27(35)23-10-11-24-22(19-23)13-18-36-24/h2-4,7-8,10-12,14,19-20H,5-6,9,13,15-18H2,1H3,(H,29,30,31)/t20-/m0/s1. The molecule has 0 bridgehead atoms. The monoisotopic (exact) mass is 485 g/mol. The summed E-state index contributed by atoms with van der Waals surface area (Å²) in [7, 11) is 0. The lowest BCUT2D eigenvalue weighted by molar-refractivity contribution is -0.127. The summed E-state index contributed by atoms with van der Waals surface area (Å²) in [6.07, 6.45) is 4.65. The van der Waals surface area contributed by atoms with Crippen LogP contribution in [0.15, 0.2) is 60.8 Å². The minimum Gasteiger partial charge on any atom is -0.493 e. The smallest absolute Gasteiger partial charge is 0.259 e. The number of benzene rings is 2. The maximum Gasteiger partial charge on any atom is 0.259 e. The molecular formula is C28H31N5O3. The minimum absolute atomic E-state index is 0.00323. The van der Waals surface area contributed by atoms with E-state index in [2.05, 4.69) is 22.4 Å². The van der Waals surface area contributed by atoms with Crippen molar-refractivity contribution in [3.05, 3.63) is 77.5 Å². The summed E-state index contributed by atoms with van der Waals surface area (Å²) in [6.45, 7) is 4.55. The molecule has 2 aliphatic rings. The Hall–Kier alpha value is -3.94. The van der Waals surface area contributed by atoms with Crippen molar-refractivity contribution in [3.63, 3.8) is 0 Å². The molecule has 0 saturated carbocycles. The van der Waals surface area contributed by atoms with E-state index in [-0.39, 0.29) is 17.9 Å². The number of anilines is 2. The van der Waals surface area contributed by atoms with E-state index >= 15 is 0 Å². The molecule has 8 nitrogen and oxygen atoms in total. The second-order valence-corrected chi connectivity index (χ2v) is 9.23. The second kappa shape index (κ2) is 10.8. The van der Waals surface area contributed by atoms with E-state index in [1.54, 1.807) is 23.2 Å². The number of hydrogen-bond acceptors (Lipinski definition) is 6. The molecule has 36 heavy (non-hydrogen) atoms. The van der Waals surface area contributed by atoms with Crippen LogP contribution < -0.4 is 15.0 Å². The third-order valence-electron chi connectivity index (χ3n) is 6.73. The highest BCUT2D eigenvalue weighted by Gasteiger charge is 2.24. The Balaban J connectivity index is 1.37. The maximum atomic E-state index is 13.7. The number of amides is 2. The maximum absolute atomic E-state index is 13.7. The van der Waals surface area contributed by atoms with Crippen LogP contribution in [0.3, 0.4) is 0 Å². The number of aromatic nitrogens is 2. The van der Waals surface area contributed by atoms with Crippen LogP contribution in [-0.2, 0) is 11.2 Å². The zero-order valence-corrected chi connectivity index (χ0v) is 20.5. The number of nitrogens with zero attached hydrogens (tertiary/aromatic N) is 4. The van der Waals surface area contributed by atoms with Crippen molar-refractivity contribution in [3.8, 4) is 5.75 Å². The first kappa shape index (κ1) is 23.8. The van der Waals surface area contributed by atoms with Crippen LogP contribution in [0.25, 0.3) is 0 Å². The van der Waals surface area contributed by atoms with Crippen molar-refractivity contribution < 1.29 is 14.3 Å². The van der Waals surface area contributed by atoms with Gasteiger partial charge in [0.2, 0.25) is 11.9 Å². The van der Waals surface area contributed by atoms with Crippen LogP contribution in [0.2, 0.25) is 0 Å². The molecule has 2 aliphatic heterocycles. The molecule has 1 N–H and O–H groups in total. The van der Waals surface area contributed by atoms with Gasteiger partial charge in [-0.2, -0.15) is 4.98 Å². The van der Waals surface area contributed by atoms with Crippen LogP contribution in [0, 0.1) is 0 Å². The van der Waals surface area contributed by atoms with Gasteiger partial charge in [-0.15, -0.1) is 0 Å². The first-order valence-corrected chi connectivity index (χ1v) is 12.6. The first-order valence-electron chi connectivity index (χ1n) is 12.6. The molecule has 5 rings (SSSR count). The molecule has 3 aromatic rings. The van der Waals surface area contributed by atoms with E-state index in [4.69, 9.17) is 9.72 Å². The molecule has 1 saturated heterocycles. The molecule has 3 heterocycles. The lowest BCUT2D eigenvalue weighted by atomic mass is 10.1.